The number of benzene rings is 1. The Balaban J connectivity index is 1.65. The molecule has 2 amide bonds. The van der Waals surface area contributed by atoms with Crippen molar-refractivity contribution >= 4 is 11.8 Å². The largest absolute Gasteiger partial charge is 0.354 e. The van der Waals surface area contributed by atoms with E-state index < -0.39 is 6.04 Å². The molecule has 1 aromatic carbocycles. The lowest BCUT2D eigenvalue weighted by molar-refractivity contribution is -0.124. The average molecular weight is 338 g/mol. The van der Waals surface area contributed by atoms with Gasteiger partial charge < -0.3 is 10.6 Å². The van der Waals surface area contributed by atoms with Crippen molar-refractivity contribution in [2.45, 2.75) is 44.6 Å². The van der Waals surface area contributed by atoms with Crippen LogP contribution in [0.25, 0.3) is 5.69 Å². The summed E-state index contributed by atoms with van der Waals surface area (Å²) in [5.41, 5.74) is 3.66. The van der Waals surface area contributed by atoms with Crippen molar-refractivity contribution in [3.63, 3.8) is 0 Å². The molecule has 0 spiro atoms. The second-order valence-electron chi connectivity index (χ2n) is 6.88. The highest BCUT2D eigenvalue weighted by Gasteiger charge is 2.34. The maximum Gasteiger partial charge on any atom is 0.255 e. The molecule has 0 radical (unpaired) electrons. The number of nitrogens with zero attached hydrogens (tertiary/aromatic N) is 2. The predicted molar refractivity (Wildman–Crippen MR) is 93.8 cm³/mol. The molecule has 6 heteroatoms. The second kappa shape index (κ2) is 6.35. The van der Waals surface area contributed by atoms with Crippen LogP contribution < -0.4 is 10.6 Å². The zero-order chi connectivity index (χ0) is 17.4. The summed E-state index contributed by atoms with van der Waals surface area (Å²) >= 11 is 0. The fraction of sp³-hybridized carbons (Fsp3) is 0.421. The summed E-state index contributed by atoms with van der Waals surface area (Å²) in [7, 11) is 0. The zero-order valence-electron chi connectivity index (χ0n) is 14.3. The van der Waals surface area contributed by atoms with Gasteiger partial charge in [0.1, 0.15) is 6.04 Å². The number of carbonyl (C=O) groups excluding carboxylic acids is 2. The fourth-order valence-electron chi connectivity index (χ4n) is 3.42. The highest BCUT2D eigenvalue weighted by atomic mass is 16.2. The average Bonchev–Trinajstić information content (AvgIpc) is 3.36. The van der Waals surface area contributed by atoms with E-state index in [4.69, 9.17) is 0 Å². The molecule has 0 bridgehead atoms. The number of rotatable bonds is 4. The van der Waals surface area contributed by atoms with E-state index in [2.05, 4.69) is 15.7 Å². The van der Waals surface area contributed by atoms with Gasteiger partial charge in [0.2, 0.25) is 5.91 Å². The minimum absolute atomic E-state index is 0.0983. The number of para-hydroxylation sites is 1. The van der Waals surface area contributed by atoms with Gasteiger partial charge in [-0.05, 0) is 44.2 Å². The molecule has 2 fully saturated rings. The van der Waals surface area contributed by atoms with Crippen molar-refractivity contribution in [2.24, 2.45) is 0 Å². The molecule has 1 aliphatic heterocycles. The van der Waals surface area contributed by atoms with Gasteiger partial charge in [-0.1, -0.05) is 18.2 Å². The standard InChI is InChI=1S/C19H22N4O2/c1-12-5-2-3-7-16(12)23-17(13-8-9-13)14(11-21-23)18(24)22-15-6-4-10-20-19(15)25/h2-3,5,7,11,13,15H,4,6,8-10H2,1H3,(H,20,25)(H,22,24)/t15-/m1/s1. The number of amides is 2. The lowest BCUT2D eigenvalue weighted by Gasteiger charge is -2.22. The van der Waals surface area contributed by atoms with Gasteiger partial charge >= 0.3 is 0 Å². The second-order valence-corrected chi connectivity index (χ2v) is 6.88. The molecule has 2 N–H and O–H groups in total. The number of hydrogen-bond donors (Lipinski definition) is 2. The normalized spacial score (nSPS) is 20.2. The quantitative estimate of drug-likeness (QED) is 0.896. The van der Waals surface area contributed by atoms with E-state index in [0.717, 1.165) is 36.2 Å². The first kappa shape index (κ1) is 15.9. The molecule has 2 aliphatic rings. The number of aromatic nitrogens is 2. The SMILES string of the molecule is Cc1ccccc1-n1ncc(C(=O)N[C@@H]2CCCNC2=O)c1C1CC1. The van der Waals surface area contributed by atoms with Gasteiger partial charge in [0.05, 0.1) is 23.1 Å². The molecule has 130 valence electrons. The van der Waals surface area contributed by atoms with Gasteiger partial charge in [0, 0.05) is 12.5 Å². The van der Waals surface area contributed by atoms with Crippen LogP contribution in [0.2, 0.25) is 0 Å². The highest BCUT2D eigenvalue weighted by Crippen LogP contribution is 2.42. The molecule has 1 aliphatic carbocycles. The molecule has 1 aromatic heterocycles. The van der Waals surface area contributed by atoms with E-state index in [1.54, 1.807) is 6.20 Å². The van der Waals surface area contributed by atoms with Gasteiger partial charge in [-0.2, -0.15) is 5.10 Å². The summed E-state index contributed by atoms with van der Waals surface area (Å²) in [4.78, 5) is 24.7. The predicted octanol–water partition coefficient (Wildman–Crippen LogP) is 2.07. The minimum Gasteiger partial charge on any atom is -0.354 e. The lowest BCUT2D eigenvalue weighted by atomic mass is 10.1. The van der Waals surface area contributed by atoms with Crippen molar-refractivity contribution < 1.29 is 9.59 Å². The van der Waals surface area contributed by atoms with Crippen molar-refractivity contribution in [1.29, 1.82) is 0 Å². The van der Waals surface area contributed by atoms with Crippen molar-refractivity contribution in [3.05, 3.63) is 47.3 Å². The summed E-state index contributed by atoms with van der Waals surface area (Å²) in [6.45, 7) is 2.73. The first-order valence-corrected chi connectivity index (χ1v) is 8.87. The Bertz CT molecular complexity index is 823. The number of nitrogens with one attached hydrogen (secondary N) is 2. The Hall–Kier alpha value is -2.63. The van der Waals surface area contributed by atoms with Crippen LogP contribution in [-0.4, -0.2) is 34.2 Å². The molecule has 2 heterocycles. The van der Waals surface area contributed by atoms with Gasteiger partial charge in [-0.15, -0.1) is 0 Å². The third-order valence-electron chi connectivity index (χ3n) is 4.95. The molecule has 25 heavy (non-hydrogen) atoms. The molecule has 1 saturated heterocycles. The lowest BCUT2D eigenvalue weighted by Crippen LogP contribution is -2.50. The third-order valence-corrected chi connectivity index (χ3v) is 4.95. The van der Waals surface area contributed by atoms with Gasteiger partial charge in [-0.25, -0.2) is 4.68 Å². The van der Waals surface area contributed by atoms with Crippen LogP contribution in [0.4, 0.5) is 0 Å². The first-order chi connectivity index (χ1) is 12.1. The smallest absolute Gasteiger partial charge is 0.255 e. The van der Waals surface area contributed by atoms with Gasteiger partial charge in [0.25, 0.3) is 5.91 Å². The minimum atomic E-state index is -0.449. The Morgan fingerprint density at radius 3 is 2.80 bits per heavy atom. The molecular formula is C19H22N4O2. The maximum atomic E-state index is 12.8. The molecule has 6 nitrogen and oxygen atoms in total. The van der Waals surface area contributed by atoms with Crippen LogP contribution in [-0.2, 0) is 4.79 Å². The fourth-order valence-corrected chi connectivity index (χ4v) is 3.42. The summed E-state index contributed by atoms with van der Waals surface area (Å²) in [5, 5.41) is 10.2. The Labute approximate surface area is 146 Å². The van der Waals surface area contributed by atoms with Crippen LogP contribution in [0.5, 0.6) is 0 Å². The number of aryl methyl sites for hydroxylation is 1. The van der Waals surface area contributed by atoms with E-state index >= 15 is 0 Å². The summed E-state index contributed by atoms with van der Waals surface area (Å²) < 4.78 is 1.89. The number of hydrogen-bond acceptors (Lipinski definition) is 3. The van der Waals surface area contributed by atoms with Crippen LogP contribution in [0.1, 0.15) is 53.2 Å². The molecular weight excluding hydrogens is 316 g/mol. The van der Waals surface area contributed by atoms with E-state index in [0.29, 0.717) is 24.4 Å². The maximum absolute atomic E-state index is 12.8. The molecule has 1 atom stereocenters. The van der Waals surface area contributed by atoms with Gasteiger partial charge in [0.15, 0.2) is 0 Å². The molecule has 0 unspecified atom stereocenters. The molecule has 2 aromatic rings. The van der Waals surface area contributed by atoms with Crippen molar-refractivity contribution in [1.82, 2.24) is 20.4 Å². The van der Waals surface area contributed by atoms with Gasteiger partial charge in [-0.3, -0.25) is 9.59 Å². The summed E-state index contributed by atoms with van der Waals surface area (Å²) in [6.07, 6.45) is 5.34. The molecule has 1 saturated carbocycles. The summed E-state index contributed by atoms with van der Waals surface area (Å²) in [6, 6.07) is 7.58. The summed E-state index contributed by atoms with van der Waals surface area (Å²) in [5.74, 6) is 0.0608. The van der Waals surface area contributed by atoms with Crippen LogP contribution >= 0.6 is 0 Å². The Morgan fingerprint density at radius 2 is 2.08 bits per heavy atom. The highest BCUT2D eigenvalue weighted by molar-refractivity contribution is 5.98. The van der Waals surface area contributed by atoms with Crippen LogP contribution in [0.3, 0.4) is 0 Å². The van der Waals surface area contributed by atoms with Crippen LogP contribution in [0, 0.1) is 6.92 Å². The van der Waals surface area contributed by atoms with E-state index in [1.807, 2.05) is 35.9 Å². The monoisotopic (exact) mass is 338 g/mol. The van der Waals surface area contributed by atoms with E-state index in [-0.39, 0.29) is 11.8 Å². The number of carbonyl (C=O) groups is 2. The Morgan fingerprint density at radius 1 is 1.28 bits per heavy atom. The van der Waals surface area contributed by atoms with Crippen molar-refractivity contribution in [3.8, 4) is 5.69 Å². The molecule has 4 rings (SSSR count). The topological polar surface area (TPSA) is 76.0 Å². The number of piperidine rings is 1. The van der Waals surface area contributed by atoms with Crippen LogP contribution in [0.15, 0.2) is 30.5 Å². The van der Waals surface area contributed by atoms with E-state index in [9.17, 15) is 9.59 Å². The first-order valence-electron chi connectivity index (χ1n) is 8.87. The van der Waals surface area contributed by atoms with Crippen molar-refractivity contribution in [2.75, 3.05) is 6.54 Å². The zero-order valence-corrected chi connectivity index (χ0v) is 14.3. The third kappa shape index (κ3) is 3.04. The van der Waals surface area contributed by atoms with E-state index in [1.165, 1.54) is 0 Å². The Kier molecular flexibility index (Phi) is 4.03.